The Morgan fingerprint density at radius 3 is 2.84 bits per heavy atom. The summed E-state index contributed by atoms with van der Waals surface area (Å²) < 4.78 is 0. The molecule has 0 bridgehead atoms. The number of aryl methyl sites for hydroxylation is 1. The minimum absolute atomic E-state index is 0.0891. The van der Waals surface area contributed by atoms with Crippen LogP contribution in [0, 0.1) is 6.92 Å². The van der Waals surface area contributed by atoms with Crippen molar-refractivity contribution < 1.29 is 4.79 Å². The fourth-order valence-corrected chi connectivity index (χ4v) is 2.37. The Balaban J connectivity index is 1.80. The van der Waals surface area contributed by atoms with Crippen molar-refractivity contribution in [2.75, 3.05) is 16.8 Å². The van der Waals surface area contributed by atoms with Crippen LogP contribution in [0.3, 0.4) is 0 Å². The number of urea groups is 1. The number of nitrogens with one attached hydrogen (secondary N) is 1. The number of aromatic nitrogens is 1. The first-order chi connectivity index (χ1) is 9.24. The van der Waals surface area contributed by atoms with Gasteiger partial charge >= 0.3 is 6.03 Å². The van der Waals surface area contributed by atoms with Crippen molar-refractivity contribution in [2.24, 2.45) is 0 Å². The van der Waals surface area contributed by atoms with Crippen LogP contribution in [-0.4, -0.2) is 17.6 Å². The van der Waals surface area contributed by atoms with Crippen LogP contribution in [0.25, 0.3) is 0 Å². The average molecular weight is 253 g/mol. The molecule has 0 radical (unpaired) electrons. The van der Waals surface area contributed by atoms with E-state index >= 15 is 0 Å². The summed E-state index contributed by atoms with van der Waals surface area (Å²) in [7, 11) is 0. The van der Waals surface area contributed by atoms with Gasteiger partial charge in [-0.15, -0.1) is 0 Å². The zero-order valence-corrected chi connectivity index (χ0v) is 10.8. The van der Waals surface area contributed by atoms with Gasteiger partial charge in [-0.25, -0.2) is 4.79 Å². The number of amides is 2. The zero-order chi connectivity index (χ0) is 13.2. The molecule has 0 saturated carbocycles. The van der Waals surface area contributed by atoms with Crippen molar-refractivity contribution in [3.8, 4) is 0 Å². The Labute approximate surface area is 112 Å². The Bertz CT molecular complexity index is 610. The Morgan fingerprint density at radius 1 is 1.26 bits per heavy atom. The number of nitrogens with zero attached hydrogens (tertiary/aromatic N) is 2. The monoisotopic (exact) mass is 253 g/mol. The molecule has 1 aromatic carbocycles. The van der Waals surface area contributed by atoms with Crippen LogP contribution in [0.1, 0.15) is 11.1 Å². The van der Waals surface area contributed by atoms with E-state index in [0.717, 1.165) is 24.3 Å². The van der Waals surface area contributed by atoms with E-state index in [2.05, 4.69) is 23.3 Å². The van der Waals surface area contributed by atoms with E-state index in [0.29, 0.717) is 0 Å². The lowest BCUT2D eigenvalue weighted by molar-refractivity contribution is 0.257. The zero-order valence-electron chi connectivity index (χ0n) is 10.8. The molecule has 0 aliphatic carbocycles. The molecule has 2 heterocycles. The number of fused-ring (bicyclic) bond motifs is 1. The number of hydrogen-bond acceptors (Lipinski definition) is 2. The van der Waals surface area contributed by atoms with Gasteiger partial charge in [-0.1, -0.05) is 17.7 Å². The van der Waals surface area contributed by atoms with E-state index in [1.807, 2.05) is 12.1 Å². The number of anilines is 2. The predicted octanol–water partition coefficient (Wildman–Crippen LogP) is 2.98. The molecule has 0 unspecified atom stereocenters. The highest BCUT2D eigenvalue weighted by molar-refractivity contribution is 6.03. The van der Waals surface area contributed by atoms with Crippen LogP contribution >= 0.6 is 0 Å². The molecule has 0 saturated heterocycles. The highest BCUT2D eigenvalue weighted by Gasteiger charge is 2.24. The third-order valence-corrected chi connectivity index (χ3v) is 3.31. The summed E-state index contributed by atoms with van der Waals surface area (Å²) >= 11 is 0. The lowest BCUT2D eigenvalue weighted by Crippen LogP contribution is -2.33. The summed E-state index contributed by atoms with van der Waals surface area (Å²) in [5.74, 6) is 0. The van der Waals surface area contributed by atoms with Gasteiger partial charge in [0.15, 0.2) is 0 Å². The first-order valence-electron chi connectivity index (χ1n) is 6.32. The number of benzene rings is 1. The maximum Gasteiger partial charge on any atom is 0.326 e. The number of pyridine rings is 1. The minimum Gasteiger partial charge on any atom is -0.307 e. The molecular formula is C15H15N3O. The summed E-state index contributed by atoms with van der Waals surface area (Å²) in [6, 6.07) is 9.68. The van der Waals surface area contributed by atoms with Crippen LogP contribution in [0.15, 0.2) is 42.7 Å². The summed E-state index contributed by atoms with van der Waals surface area (Å²) in [5.41, 5.74) is 4.25. The van der Waals surface area contributed by atoms with E-state index in [1.165, 1.54) is 11.1 Å². The van der Waals surface area contributed by atoms with Gasteiger partial charge in [-0.2, -0.15) is 0 Å². The van der Waals surface area contributed by atoms with E-state index in [-0.39, 0.29) is 6.03 Å². The molecule has 1 aromatic heterocycles. The van der Waals surface area contributed by atoms with E-state index in [4.69, 9.17) is 0 Å². The van der Waals surface area contributed by atoms with Crippen molar-refractivity contribution >= 4 is 17.4 Å². The smallest absolute Gasteiger partial charge is 0.307 e. The van der Waals surface area contributed by atoms with Gasteiger partial charge in [-0.05, 0) is 37.1 Å². The van der Waals surface area contributed by atoms with Crippen molar-refractivity contribution in [3.63, 3.8) is 0 Å². The highest BCUT2D eigenvalue weighted by atomic mass is 16.2. The molecule has 4 nitrogen and oxygen atoms in total. The third-order valence-electron chi connectivity index (χ3n) is 3.31. The van der Waals surface area contributed by atoms with Gasteiger partial charge in [0.1, 0.15) is 0 Å². The second kappa shape index (κ2) is 4.72. The topological polar surface area (TPSA) is 45.2 Å². The minimum atomic E-state index is -0.0891. The molecule has 3 rings (SSSR count). The highest BCUT2D eigenvalue weighted by Crippen LogP contribution is 2.29. The largest absolute Gasteiger partial charge is 0.326 e. The second-order valence-electron chi connectivity index (χ2n) is 4.70. The first kappa shape index (κ1) is 11.7. The Hall–Kier alpha value is -2.36. The van der Waals surface area contributed by atoms with Crippen molar-refractivity contribution in [1.29, 1.82) is 0 Å². The van der Waals surface area contributed by atoms with Crippen LogP contribution < -0.4 is 10.2 Å². The van der Waals surface area contributed by atoms with Gasteiger partial charge in [0, 0.05) is 30.3 Å². The van der Waals surface area contributed by atoms with Gasteiger partial charge < -0.3 is 5.32 Å². The Morgan fingerprint density at radius 2 is 2.05 bits per heavy atom. The summed E-state index contributed by atoms with van der Waals surface area (Å²) in [6.07, 6.45) is 4.24. The van der Waals surface area contributed by atoms with Crippen LogP contribution in [0.4, 0.5) is 16.2 Å². The lowest BCUT2D eigenvalue weighted by atomic mass is 10.1. The first-order valence-corrected chi connectivity index (χ1v) is 6.32. The normalized spacial score (nSPS) is 13.2. The van der Waals surface area contributed by atoms with Gasteiger partial charge in [0.2, 0.25) is 0 Å². The molecular weight excluding hydrogens is 238 g/mol. The third kappa shape index (κ3) is 2.29. The van der Waals surface area contributed by atoms with Crippen LogP contribution in [0.5, 0.6) is 0 Å². The molecule has 1 aliphatic heterocycles. The molecule has 2 aromatic rings. The van der Waals surface area contributed by atoms with Gasteiger partial charge in [-0.3, -0.25) is 9.88 Å². The molecule has 2 amide bonds. The maximum absolute atomic E-state index is 12.3. The summed E-state index contributed by atoms with van der Waals surface area (Å²) in [4.78, 5) is 18.0. The van der Waals surface area contributed by atoms with Crippen LogP contribution in [0.2, 0.25) is 0 Å². The van der Waals surface area contributed by atoms with Crippen molar-refractivity contribution in [2.45, 2.75) is 13.3 Å². The van der Waals surface area contributed by atoms with E-state index in [1.54, 1.807) is 29.4 Å². The maximum atomic E-state index is 12.3. The predicted molar refractivity (Wildman–Crippen MR) is 75.5 cm³/mol. The molecule has 1 N–H and O–H groups in total. The van der Waals surface area contributed by atoms with Crippen molar-refractivity contribution in [1.82, 2.24) is 4.98 Å². The van der Waals surface area contributed by atoms with E-state index in [9.17, 15) is 4.79 Å². The molecule has 4 heteroatoms. The van der Waals surface area contributed by atoms with Gasteiger partial charge in [0.05, 0.1) is 0 Å². The fourth-order valence-electron chi connectivity index (χ4n) is 2.37. The van der Waals surface area contributed by atoms with Crippen LogP contribution in [-0.2, 0) is 6.42 Å². The lowest BCUT2D eigenvalue weighted by Gasteiger charge is -2.18. The number of rotatable bonds is 1. The quantitative estimate of drug-likeness (QED) is 0.849. The standard InChI is InChI=1S/C15H15N3O/c1-11-2-3-14-12(10-11)6-9-18(14)15(19)17-13-4-7-16-8-5-13/h2-5,7-8,10H,6,9H2,1H3,(H,16,17,19). The molecule has 0 fully saturated rings. The number of carbonyl (C=O) groups is 1. The van der Waals surface area contributed by atoms with Crippen molar-refractivity contribution in [3.05, 3.63) is 53.9 Å². The molecule has 19 heavy (non-hydrogen) atoms. The molecule has 0 spiro atoms. The molecule has 96 valence electrons. The van der Waals surface area contributed by atoms with Gasteiger partial charge in [0.25, 0.3) is 0 Å². The molecule has 0 atom stereocenters. The van der Waals surface area contributed by atoms with E-state index < -0.39 is 0 Å². The summed E-state index contributed by atoms with van der Waals surface area (Å²) in [5, 5.41) is 2.89. The summed E-state index contributed by atoms with van der Waals surface area (Å²) in [6.45, 7) is 2.80. The number of carbonyl (C=O) groups excluding carboxylic acids is 1. The average Bonchev–Trinajstić information content (AvgIpc) is 2.82. The Kier molecular flexibility index (Phi) is 2.91. The number of hydrogen-bond donors (Lipinski definition) is 1. The second-order valence-corrected chi connectivity index (χ2v) is 4.70. The fraction of sp³-hybridized carbons (Fsp3) is 0.200. The SMILES string of the molecule is Cc1ccc2c(c1)CCN2C(=O)Nc1ccncc1. The molecule has 1 aliphatic rings.